The summed E-state index contributed by atoms with van der Waals surface area (Å²) in [7, 11) is 2.98. The second-order valence-corrected chi connectivity index (χ2v) is 10.6. The number of hydrogen-bond donors (Lipinski definition) is 4. The van der Waals surface area contributed by atoms with Crippen molar-refractivity contribution in [3.05, 3.63) is 64.9 Å². The number of aliphatic hydroxyl groups excluding tert-OH is 3. The van der Waals surface area contributed by atoms with Crippen molar-refractivity contribution in [3.8, 4) is 17.2 Å². The Morgan fingerprint density at radius 2 is 1.89 bits per heavy atom. The highest BCUT2D eigenvalue weighted by Crippen LogP contribution is 2.51. The van der Waals surface area contributed by atoms with Crippen molar-refractivity contribution in [1.82, 2.24) is 10.2 Å². The van der Waals surface area contributed by atoms with Crippen LogP contribution in [0.5, 0.6) is 17.2 Å². The molecule has 5 rings (SSSR count). The molecule has 0 bridgehead atoms. The number of amides is 2. The Kier molecular flexibility index (Phi) is 9.74. The van der Waals surface area contributed by atoms with Gasteiger partial charge in [0.1, 0.15) is 12.2 Å². The molecule has 44 heavy (non-hydrogen) atoms. The van der Waals surface area contributed by atoms with E-state index in [1.54, 1.807) is 42.5 Å². The fourth-order valence-corrected chi connectivity index (χ4v) is 5.93. The lowest BCUT2D eigenvalue weighted by Crippen LogP contribution is -2.56. The van der Waals surface area contributed by atoms with Crippen LogP contribution in [0.3, 0.4) is 0 Å². The highest BCUT2D eigenvalue weighted by molar-refractivity contribution is 5.99. The number of fused-ring (bicyclic) bond motifs is 4. The molecule has 12 heteroatoms. The topological polar surface area (TPSA) is 160 Å². The summed E-state index contributed by atoms with van der Waals surface area (Å²) in [6.45, 7) is 2.40. The molecule has 1 aliphatic carbocycles. The highest BCUT2D eigenvalue weighted by atomic mass is 16.5. The zero-order chi connectivity index (χ0) is 31.4. The Labute approximate surface area is 254 Å². The number of para-hydroxylation sites is 1. The summed E-state index contributed by atoms with van der Waals surface area (Å²) in [6.07, 6.45) is -0.193. The molecule has 236 valence electrons. The third-order valence-corrected chi connectivity index (χ3v) is 7.95. The monoisotopic (exact) mass is 610 g/mol. The predicted molar refractivity (Wildman–Crippen MR) is 159 cm³/mol. The van der Waals surface area contributed by atoms with Gasteiger partial charge in [0, 0.05) is 42.8 Å². The molecule has 3 aromatic rings. The molecular weight excluding hydrogens is 572 g/mol. The van der Waals surface area contributed by atoms with E-state index in [1.807, 2.05) is 6.92 Å². The van der Waals surface area contributed by atoms with Gasteiger partial charge in [0.05, 0.1) is 39.4 Å². The number of carbonyl (C=O) groups is 2. The molecular formula is C32H38N2O10. The van der Waals surface area contributed by atoms with E-state index in [9.17, 15) is 24.9 Å². The zero-order valence-electron chi connectivity index (χ0n) is 24.9. The van der Waals surface area contributed by atoms with Gasteiger partial charge >= 0.3 is 0 Å². The summed E-state index contributed by atoms with van der Waals surface area (Å²) < 4.78 is 28.7. The molecule has 0 radical (unpaired) electrons. The van der Waals surface area contributed by atoms with Crippen LogP contribution in [0.15, 0.2) is 52.5 Å². The number of ether oxygens (including phenoxy) is 4. The van der Waals surface area contributed by atoms with Crippen LogP contribution in [-0.4, -0.2) is 97.4 Å². The van der Waals surface area contributed by atoms with Crippen LogP contribution in [0.25, 0.3) is 11.0 Å². The van der Waals surface area contributed by atoms with Gasteiger partial charge < -0.3 is 48.9 Å². The van der Waals surface area contributed by atoms with E-state index < -0.39 is 36.0 Å². The van der Waals surface area contributed by atoms with Crippen molar-refractivity contribution in [1.29, 1.82) is 0 Å². The molecule has 0 fully saturated rings. The average Bonchev–Trinajstić information content (AvgIpc) is 3.66. The minimum Gasteiger partial charge on any atom is -0.493 e. The Balaban J connectivity index is 1.59. The Morgan fingerprint density at radius 3 is 2.59 bits per heavy atom. The molecule has 0 saturated carbocycles. The van der Waals surface area contributed by atoms with Crippen molar-refractivity contribution in [3.63, 3.8) is 0 Å². The van der Waals surface area contributed by atoms with Gasteiger partial charge in [0.2, 0.25) is 5.91 Å². The molecule has 4 N–H and O–H groups in total. The largest absolute Gasteiger partial charge is 0.493 e. The number of aliphatic hydroxyl groups is 3. The quantitative estimate of drug-likeness (QED) is 0.211. The number of methoxy groups -OCH3 is 2. The molecule has 0 saturated heterocycles. The first-order chi connectivity index (χ1) is 21.4. The van der Waals surface area contributed by atoms with Crippen LogP contribution in [0, 0.1) is 0 Å². The van der Waals surface area contributed by atoms with Crippen molar-refractivity contribution in [2.45, 2.75) is 44.1 Å². The van der Waals surface area contributed by atoms with Crippen molar-refractivity contribution >= 4 is 22.8 Å². The molecule has 1 aromatic heterocycles. The van der Waals surface area contributed by atoms with Crippen molar-refractivity contribution in [2.24, 2.45) is 0 Å². The Hall–Kier alpha value is -4.10. The normalized spacial score (nSPS) is 20.4. The number of rotatable bonds is 13. The van der Waals surface area contributed by atoms with Gasteiger partial charge in [0.15, 0.2) is 28.6 Å². The molecule has 2 amide bonds. The van der Waals surface area contributed by atoms with E-state index in [4.69, 9.17) is 23.4 Å². The SMILES string of the molecule is CCOCCCN(C(=O)c1cc2cccc(OC)c2o1)[C@@H]1C=C(C(=O)NCCO)[C@@H]2c3cc(CO)cc(OC)c3O[C@@H]2[C@H]1O. The van der Waals surface area contributed by atoms with Gasteiger partial charge in [0.25, 0.3) is 5.91 Å². The van der Waals surface area contributed by atoms with Gasteiger partial charge in [-0.25, -0.2) is 0 Å². The van der Waals surface area contributed by atoms with E-state index >= 15 is 0 Å². The average molecular weight is 611 g/mol. The Morgan fingerprint density at radius 1 is 1.09 bits per heavy atom. The van der Waals surface area contributed by atoms with Crippen LogP contribution in [0.1, 0.15) is 40.9 Å². The number of hydrogen-bond acceptors (Lipinski definition) is 10. The van der Waals surface area contributed by atoms with Crippen LogP contribution in [0.2, 0.25) is 0 Å². The zero-order valence-corrected chi connectivity index (χ0v) is 24.9. The van der Waals surface area contributed by atoms with E-state index in [0.29, 0.717) is 59.0 Å². The molecule has 2 aromatic carbocycles. The molecule has 0 spiro atoms. The standard InChI is InChI=1S/C32H38N2O10/c1-4-42-12-6-10-34(32(39)25-15-19-7-5-8-23(40-2)28(19)43-25)22-16-21(31(38)33-9-11-35)26-20-13-18(17-36)14-24(41-3)29(20)44-30(26)27(22)37/h5,7-8,13-16,22,26-27,30,35-37H,4,6,9-12,17H2,1-3H3,(H,33,38)/t22-,26+,27+,30+/m1/s1. The minimum atomic E-state index is -1.26. The number of nitrogens with one attached hydrogen (secondary N) is 1. The molecule has 12 nitrogen and oxygen atoms in total. The second kappa shape index (κ2) is 13.7. The smallest absolute Gasteiger partial charge is 0.290 e. The maximum absolute atomic E-state index is 14.2. The lowest BCUT2D eigenvalue weighted by molar-refractivity contribution is -0.118. The van der Waals surface area contributed by atoms with Gasteiger partial charge in [-0.05, 0) is 49.2 Å². The molecule has 2 heterocycles. The van der Waals surface area contributed by atoms with Gasteiger partial charge in [-0.15, -0.1) is 0 Å². The molecule has 4 atom stereocenters. The predicted octanol–water partition coefficient (Wildman–Crippen LogP) is 2.13. The Bertz CT molecular complexity index is 1530. The number of benzene rings is 2. The summed E-state index contributed by atoms with van der Waals surface area (Å²) in [5, 5.41) is 34.5. The summed E-state index contributed by atoms with van der Waals surface area (Å²) >= 11 is 0. The van der Waals surface area contributed by atoms with E-state index in [-0.39, 0.29) is 37.6 Å². The first-order valence-corrected chi connectivity index (χ1v) is 14.6. The summed E-state index contributed by atoms with van der Waals surface area (Å²) in [6, 6.07) is 9.31. The van der Waals surface area contributed by atoms with Crippen molar-refractivity contribution < 1.29 is 48.3 Å². The molecule has 0 unspecified atom stereocenters. The second-order valence-electron chi connectivity index (χ2n) is 10.6. The summed E-state index contributed by atoms with van der Waals surface area (Å²) in [4.78, 5) is 29.2. The third-order valence-electron chi connectivity index (χ3n) is 7.95. The number of nitrogens with zero attached hydrogens (tertiary/aromatic N) is 1. The minimum absolute atomic E-state index is 0.00626. The van der Waals surface area contributed by atoms with Crippen LogP contribution in [0.4, 0.5) is 0 Å². The van der Waals surface area contributed by atoms with Crippen LogP contribution in [-0.2, 0) is 16.1 Å². The van der Waals surface area contributed by atoms with Crippen molar-refractivity contribution in [2.75, 3.05) is 47.1 Å². The lowest BCUT2D eigenvalue weighted by atomic mass is 9.77. The number of furan rings is 1. The lowest BCUT2D eigenvalue weighted by Gasteiger charge is -2.40. The summed E-state index contributed by atoms with van der Waals surface area (Å²) in [5.41, 5.74) is 1.78. The van der Waals surface area contributed by atoms with Gasteiger partial charge in [-0.2, -0.15) is 0 Å². The fraction of sp³-hybridized carbons (Fsp3) is 0.438. The van der Waals surface area contributed by atoms with Crippen LogP contribution >= 0.6 is 0 Å². The van der Waals surface area contributed by atoms with Crippen LogP contribution < -0.4 is 19.5 Å². The first-order valence-electron chi connectivity index (χ1n) is 14.6. The van der Waals surface area contributed by atoms with E-state index in [1.165, 1.54) is 19.1 Å². The maximum Gasteiger partial charge on any atom is 0.290 e. The summed E-state index contributed by atoms with van der Waals surface area (Å²) in [5.74, 6) is -0.498. The molecule has 1 aliphatic heterocycles. The maximum atomic E-state index is 14.2. The van der Waals surface area contributed by atoms with E-state index in [2.05, 4.69) is 5.32 Å². The number of carbonyl (C=O) groups excluding carboxylic acids is 2. The molecule has 2 aliphatic rings. The van der Waals surface area contributed by atoms with E-state index in [0.717, 1.165) is 0 Å². The highest BCUT2D eigenvalue weighted by Gasteiger charge is 2.51. The third kappa shape index (κ3) is 5.85. The first kappa shape index (κ1) is 31.3. The fourth-order valence-electron chi connectivity index (χ4n) is 5.93. The van der Waals surface area contributed by atoms with Gasteiger partial charge in [-0.1, -0.05) is 12.1 Å². The van der Waals surface area contributed by atoms with Gasteiger partial charge in [-0.3, -0.25) is 9.59 Å².